The van der Waals surface area contributed by atoms with Gasteiger partial charge in [-0.15, -0.1) is 4.59 Å². The number of halogens is 1. The second kappa shape index (κ2) is 9.02. The van der Waals surface area contributed by atoms with E-state index in [0.29, 0.717) is 28.0 Å². The van der Waals surface area contributed by atoms with Crippen molar-refractivity contribution in [3.63, 3.8) is 0 Å². The lowest BCUT2D eigenvalue weighted by Gasteiger charge is -2.50. The summed E-state index contributed by atoms with van der Waals surface area (Å²) in [6, 6.07) is 7.35. The summed E-state index contributed by atoms with van der Waals surface area (Å²) in [6.07, 6.45) is 9.17. The molecule has 1 aromatic carbocycles. The summed E-state index contributed by atoms with van der Waals surface area (Å²) in [5.74, 6) is 7.94. The Morgan fingerprint density at radius 2 is 1.63 bits per heavy atom. The van der Waals surface area contributed by atoms with Crippen molar-refractivity contribution in [2.75, 3.05) is 0 Å². The third-order valence-corrected chi connectivity index (χ3v) is 7.96. The van der Waals surface area contributed by atoms with Gasteiger partial charge in [0.05, 0.1) is 5.71 Å². The Bertz CT molecular complexity index is 1090. The van der Waals surface area contributed by atoms with E-state index in [2.05, 4.69) is 48.5 Å². The Kier molecular flexibility index (Phi) is 6.67. The van der Waals surface area contributed by atoms with Gasteiger partial charge in [-0.25, -0.2) is 4.79 Å². The van der Waals surface area contributed by atoms with E-state index in [9.17, 15) is 4.79 Å². The predicted octanol–water partition coefficient (Wildman–Crippen LogP) is 6.75. The van der Waals surface area contributed by atoms with E-state index in [0.717, 1.165) is 18.4 Å². The summed E-state index contributed by atoms with van der Waals surface area (Å²) in [4.78, 5) is 18.8. The van der Waals surface area contributed by atoms with Gasteiger partial charge in [0.15, 0.2) is 0 Å². The maximum Gasteiger partial charge on any atom is 0.346 e. The van der Waals surface area contributed by atoms with Gasteiger partial charge in [0.1, 0.15) is 24.1 Å². The zero-order valence-electron chi connectivity index (χ0n) is 22.0. The van der Waals surface area contributed by atoms with Gasteiger partial charge in [-0.1, -0.05) is 72.2 Å². The van der Waals surface area contributed by atoms with Crippen molar-refractivity contribution in [2.24, 2.45) is 39.4 Å². The highest BCUT2D eigenvalue weighted by Crippen LogP contribution is 2.50. The average Bonchev–Trinajstić information content (AvgIpc) is 3.13. The molecule has 5 nitrogen and oxygen atoms in total. The van der Waals surface area contributed by atoms with Crippen LogP contribution in [0.5, 0.6) is 0 Å². The Hall–Kier alpha value is -2.21. The largest absolute Gasteiger partial charge is 0.458 e. The van der Waals surface area contributed by atoms with E-state index >= 15 is 0 Å². The molecule has 3 atom stereocenters. The lowest BCUT2D eigenvalue weighted by atomic mass is 9.59. The molecule has 3 aliphatic rings. The number of esters is 1. The number of fused-ring (bicyclic) bond motifs is 1. The molecule has 4 rings (SSSR count). The lowest BCUT2D eigenvalue weighted by molar-refractivity contribution is -0.799. The molecular weight excluding hydrogens is 458 g/mol. The van der Waals surface area contributed by atoms with Crippen LogP contribution in [0.4, 0.5) is 0 Å². The molecule has 0 bridgehead atoms. The molecule has 0 saturated heterocycles. The smallest absolute Gasteiger partial charge is 0.346 e. The number of ether oxygens (including phenoxy) is 1. The number of aliphatic imine (C=N–C) groups is 1. The highest BCUT2D eigenvalue weighted by Gasteiger charge is 2.49. The van der Waals surface area contributed by atoms with Crippen LogP contribution in [-0.4, -0.2) is 22.4 Å². The number of hydrogen-bond donors (Lipinski definition) is 1. The number of carbonyl (C=O) groups is 1. The number of nitrogens with two attached hydrogens (primary N) is 1. The first-order chi connectivity index (χ1) is 16.2. The van der Waals surface area contributed by atoms with Crippen molar-refractivity contribution in [2.45, 2.75) is 67.4 Å². The number of carbonyl (C=O) groups excluding carboxylic acids is 1. The van der Waals surface area contributed by atoms with E-state index in [4.69, 9.17) is 27.2 Å². The molecule has 0 aromatic heterocycles. The van der Waals surface area contributed by atoms with Crippen molar-refractivity contribution in [1.82, 2.24) is 0 Å². The van der Waals surface area contributed by atoms with E-state index in [1.807, 2.05) is 30.5 Å². The number of nitrogens with zero attached hydrogens (tertiary/aromatic N) is 2. The average molecular weight is 497 g/mol. The molecule has 0 amide bonds. The van der Waals surface area contributed by atoms with Crippen LogP contribution < -0.4 is 5.84 Å². The standard InChI is InChI=1S/C29H39ClN3O2/c1-18-15-22(28(2,3)4)26(23(16-18)29(5,6)7)35-27(34)21-17-33(31)14-8-9-24(33)32-25(21)19-10-12-20(30)13-11-19/h8-14,17-18,22-23,26H,15-16,31H2,1-7H3/q+1. The maximum atomic E-state index is 14.0. The molecule has 3 unspecified atom stereocenters. The summed E-state index contributed by atoms with van der Waals surface area (Å²) in [6.45, 7) is 15.8. The monoisotopic (exact) mass is 496 g/mol. The first-order valence-electron chi connectivity index (χ1n) is 12.5. The molecule has 35 heavy (non-hydrogen) atoms. The van der Waals surface area contributed by atoms with Gasteiger partial charge in [0, 0.05) is 34.6 Å². The number of allylic oxidation sites excluding steroid dienone is 2. The summed E-state index contributed by atoms with van der Waals surface area (Å²) >= 11 is 6.13. The van der Waals surface area contributed by atoms with Crippen LogP contribution in [0.1, 0.15) is 66.9 Å². The van der Waals surface area contributed by atoms with Crippen LogP contribution in [0.2, 0.25) is 5.02 Å². The number of benzene rings is 1. The number of rotatable bonds is 3. The lowest BCUT2D eigenvalue weighted by Crippen LogP contribution is -2.50. The van der Waals surface area contributed by atoms with Gasteiger partial charge in [0.2, 0.25) is 0 Å². The van der Waals surface area contributed by atoms with Gasteiger partial charge < -0.3 is 4.74 Å². The first kappa shape index (κ1) is 25.9. The molecule has 0 spiro atoms. The highest BCUT2D eigenvalue weighted by atomic mass is 35.5. The number of hydrogen-bond acceptors (Lipinski definition) is 4. The summed E-state index contributed by atoms with van der Waals surface area (Å²) in [5.41, 5.74) is 1.76. The Morgan fingerprint density at radius 3 is 2.17 bits per heavy atom. The molecular formula is C29H39ClN3O2+. The molecule has 2 aliphatic heterocycles. The molecule has 1 fully saturated rings. The Morgan fingerprint density at radius 1 is 1.06 bits per heavy atom. The van der Waals surface area contributed by atoms with E-state index in [1.165, 1.54) is 0 Å². The summed E-state index contributed by atoms with van der Waals surface area (Å²) < 4.78 is 6.36. The Labute approximate surface area is 214 Å². The van der Waals surface area contributed by atoms with Crippen molar-refractivity contribution >= 4 is 23.3 Å². The molecule has 1 aromatic rings. The van der Waals surface area contributed by atoms with Crippen molar-refractivity contribution < 1.29 is 14.1 Å². The van der Waals surface area contributed by atoms with Crippen LogP contribution in [-0.2, 0) is 9.53 Å². The quantitative estimate of drug-likeness (QED) is 0.286. The summed E-state index contributed by atoms with van der Waals surface area (Å²) in [7, 11) is 0. The molecule has 2 N–H and O–H groups in total. The second-order valence-electron chi connectivity index (χ2n) is 12.6. The van der Waals surface area contributed by atoms with Gasteiger partial charge in [-0.2, -0.15) is 10.8 Å². The van der Waals surface area contributed by atoms with Crippen molar-refractivity contribution in [3.8, 4) is 0 Å². The highest BCUT2D eigenvalue weighted by molar-refractivity contribution is 6.31. The van der Waals surface area contributed by atoms with E-state index in [1.54, 1.807) is 18.3 Å². The van der Waals surface area contributed by atoms with Gasteiger partial charge in [-0.05, 0) is 41.7 Å². The number of quaternary nitrogens is 1. The molecule has 1 saturated carbocycles. The maximum absolute atomic E-state index is 14.0. The third-order valence-electron chi connectivity index (χ3n) is 7.71. The van der Waals surface area contributed by atoms with Crippen LogP contribution in [0.25, 0.3) is 0 Å². The van der Waals surface area contributed by atoms with Gasteiger partial charge in [-0.3, -0.25) is 0 Å². The molecule has 2 heterocycles. The SMILES string of the molecule is CC1CC(C(C)(C)C)C(OC(=O)C2=C[N+]3(N)C=CC=C3N=C2c2ccc(Cl)cc2)C(C(C)(C)C)C1. The fourth-order valence-electron chi connectivity index (χ4n) is 5.69. The fourth-order valence-corrected chi connectivity index (χ4v) is 5.82. The van der Waals surface area contributed by atoms with Crippen LogP contribution >= 0.6 is 11.6 Å². The minimum Gasteiger partial charge on any atom is -0.458 e. The zero-order chi connectivity index (χ0) is 25.8. The topological polar surface area (TPSA) is 64.7 Å². The van der Waals surface area contributed by atoms with Crippen LogP contribution in [0.3, 0.4) is 0 Å². The van der Waals surface area contributed by atoms with E-state index in [-0.39, 0.29) is 39.3 Å². The molecule has 0 radical (unpaired) electrons. The van der Waals surface area contributed by atoms with Crippen LogP contribution in [0, 0.1) is 28.6 Å². The molecule has 1 aliphatic carbocycles. The normalized spacial score (nSPS) is 30.8. The minimum absolute atomic E-state index is 0.00637. The zero-order valence-corrected chi connectivity index (χ0v) is 22.8. The minimum atomic E-state index is -0.371. The van der Waals surface area contributed by atoms with Crippen molar-refractivity contribution in [1.29, 1.82) is 0 Å². The summed E-state index contributed by atoms with van der Waals surface area (Å²) in [5, 5.41) is 0.626. The molecule has 6 heteroatoms. The van der Waals surface area contributed by atoms with Crippen molar-refractivity contribution in [3.05, 3.63) is 70.8 Å². The van der Waals surface area contributed by atoms with Gasteiger partial charge >= 0.3 is 5.97 Å². The first-order valence-corrected chi connectivity index (χ1v) is 12.9. The molecule has 188 valence electrons. The predicted molar refractivity (Wildman–Crippen MR) is 142 cm³/mol. The second-order valence-corrected chi connectivity index (χ2v) is 13.0. The van der Waals surface area contributed by atoms with Crippen LogP contribution in [0.15, 0.2) is 65.2 Å². The van der Waals surface area contributed by atoms with Gasteiger partial charge in [0.25, 0.3) is 5.82 Å². The Balaban J connectivity index is 1.74. The van der Waals surface area contributed by atoms with E-state index < -0.39 is 0 Å². The fraction of sp³-hybridized carbons (Fsp3) is 0.517. The third kappa shape index (κ3) is 5.18.